The Kier molecular flexibility index (Phi) is 3.44. The maximum atomic E-state index is 10.1. The Bertz CT molecular complexity index is 322. The number of hydrogen-bond donors (Lipinski definition) is 2. The molecule has 3 heteroatoms. The highest BCUT2D eigenvalue weighted by Crippen LogP contribution is 2.26. The van der Waals surface area contributed by atoms with Crippen LogP contribution in [-0.2, 0) is 6.42 Å². The molecule has 15 heavy (non-hydrogen) atoms. The summed E-state index contributed by atoms with van der Waals surface area (Å²) >= 11 is 5.76. The van der Waals surface area contributed by atoms with E-state index in [2.05, 4.69) is 0 Å². The van der Waals surface area contributed by atoms with Gasteiger partial charge in [-0.3, -0.25) is 0 Å². The Morgan fingerprint density at radius 1 is 1.07 bits per heavy atom. The monoisotopic (exact) mass is 228 g/mol. The van der Waals surface area contributed by atoms with Crippen LogP contribution in [0.2, 0.25) is 5.02 Å². The Morgan fingerprint density at radius 2 is 1.53 bits per heavy atom. The Morgan fingerprint density at radius 3 is 1.93 bits per heavy atom. The standard InChI is InChI=1S/C12H17ClO2/c1-11(2,14)12(3,15)8-9-4-6-10(13)7-5-9/h4-7,14-15H,8H2,1-3H3. The first kappa shape index (κ1) is 12.5. The second kappa shape index (κ2) is 4.12. The number of halogens is 1. The van der Waals surface area contributed by atoms with Crippen molar-refractivity contribution in [2.45, 2.75) is 38.4 Å². The van der Waals surface area contributed by atoms with Crippen molar-refractivity contribution in [3.63, 3.8) is 0 Å². The normalized spacial score (nSPS) is 16.1. The average Bonchev–Trinajstić information content (AvgIpc) is 2.06. The maximum absolute atomic E-state index is 10.1. The Labute approximate surface area is 95.5 Å². The van der Waals surface area contributed by atoms with E-state index in [-0.39, 0.29) is 0 Å². The summed E-state index contributed by atoms with van der Waals surface area (Å²) in [6, 6.07) is 7.25. The van der Waals surface area contributed by atoms with E-state index in [9.17, 15) is 10.2 Å². The second-order valence-corrected chi connectivity index (χ2v) is 5.07. The minimum Gasteiger partial charge on any atom is -0.387 e. The van der Waals surface area contributed by atoms with Crippen molar-refractivity contribution in [2.24, 2.45) is 0 Å². The molecule has 84 valence electrons. The van der Waals surface area contributed by atoms with Crippen LogP contribution in [0, 0.1) is 0 Å². The molecule has 2 nitrogen and oxygen atoms in total. The molecule has 0 aliphatic rings. The van der Waals surface area contributed by atoms with Crippen molar-refractivity contribution >= 4 is 11.6 Å². The van der Waals surface area contributed by atoms with Crippen molar-refractivity contribution in [3.8, 4) is 0 Å². The maximum Gasteiger partial charge on any atom is 0.0940 e. The molecule has 0 fully saturated rings. The third kappa shape index (κ3) is 3.20. The van der Waals surface area contributed by atoms with Gasteiger partial charge in [0.05, 0.1) is 11.2 Å². The molecule has 0 amide bonds. The van der Waals surface area contributed by atoms with Gasteiger partial charge in [-0.1, -0.05) is 23.7 Å². The third-order valence-corrected chi connectivity index (χ3v) is 3.03. The molecule has 0 heterocycles. The van der Waals surface area contributed by atoms with Gasteiger partial charge >= 0.3 is 0 Å². The van der Waals surface area contributed by atoms with Gasteiger partial charge in [0, 0.05) is 11.4 Å². The van der Waals surface area contributed by atoms with Gasteiger partial charge in [0.2, 0.25) is 0 Å². The molecule has 1 rings (SSSR count). The molecular weight excluding hydrogens is 212 g/mol. The summed E-state index contributed by atoms with van der Waals surface area (Å²) in [5.41, 5.74) is -1.33. The predicted octanol–water partition coefficient (Wildman–Crippen LogP) is 2.40. The van der Waals surface area contributed by atoms with E-state index >= 15 is 0 Å². The summed E-state index contributed by atoms with van der Waals surface area (Å²) in [7, 11) is 0. The van der Waals surface area contributed by atoms with Crippen molar-refractivity contribution in [3.05, 3.63) is 34.9 Å². The van der Waals surface area contributed by atoms with Crippen LogP contribution in [0.15, 0.2) is 24.3 Å². The first-order valence-electron chi connectivity index (χ1n) is 4.91. The molecule has 0 spiro atoms. The second-order valence-electron chi connectivity index (χ2n) is 4.64. The molecular formula is C12H17ClO2. The number of rotatable bonds is 3. The summed E-state index contributed by atoms with van der Waals surface area (Å²) in [5.74, 6) is 0. The molecule has 0 bridgehead atoms. The zero-order valence-corrected chi connectivity index (χ0v) is 10.0. The van der Waals surface area contributed by atoms with Gasteiger partial charge in [-0.05, 0) is 38.5 Å². The van der Waals surface area contributed by atoms with Gasteiger partial charge in [0.25, 0.3) is 0 Å². The lowest BCUT2D eigenvalue weighted by Crippen LogP contribution is -2.49. The lowest BCUT2D eigenvalue weighted by molar-refractivity contribution is -0.118. The third-order valence-electron chi connectivity index (χ3n) is 2.78. The van der Waals surface area contributed by atoms with Gasteiger partial charge in [-0.15, -0.1) is 0 Å². The zero-order chi connectivity index (χ0) is 11.7. The summed E-state index contributed by atoms with van der Waals surface area (Å²) < 4.78 is 0. The summed E-state index contributed by atoms with van der Waals surface area (Å²) in [5, 5.41) is 20.5. The highest BCUT2D eigenvalue weighted by Gasteiger charge is 2.37. The Hall–Kier alpha value is -0.570. The quantitative estimate of drug-likeness (QED) is 0.834. The van der Waals surface area contributed by atoms with Gasteiger partial charge in [0.15, 0.2) is 0 Å². The molecule has 0 aliphatic carbocycles. The molecule has 0 aliphatic heterocycles. The van der Waals surface area contributed by atoms with Crippen molar-refractivity contribution in [2.75, 3.05) is 0 Å². The van der Waals surface area contributed by atoms with Crippen LogP contribution in [0.25, 0.3) is 0 Å². The minimum absolute atomic E-state index is 0.396. The molecule has 1 aromatic rings. The van der Waals surface area contributed by atoms with E-state index in [1.165, 1.54) is 0 Å². The smallest absolute Gasteiger partial charge is 0.0940 e. The van der Waals surface area contributed by atoms with E-state index in [0.717, 1.165) is 5.56 Å². The molecule has 1 aromatic carbocycles. The lowest BCUT2D eigenvalue weighted by Gasteiger charge is -2.35. The summed E-state index contributed by atoms with van der Waals surface area (Å²) in [4.78, 5) is 0. The first-order valence-corrected chi connectivity index (χ1v) is 5.29. The van der Waals surface area contributed by atoms with Gasteiger partial charge in [0.1, 0.15) is 0 Å². The fourth-order valence-corrected chi connectivity index (χ4v) is 1.34. The molecule has 2 N–H and O–H groups in total. The van der Waals surface area contributed by atoms with Crippen molar-refractivity contribution < 1.29 is 10.2 Å². The fourth-order valence-electron chi connectivity index (χ4n) is 1.22. The number of aliphatic hydroxyl groups is 2. The van der Waals surface area contributed by atoms with Gasteiger partial charge < -0.3 is 10.2 Å². The van der Waals surface area contributed by atoms with Crippen LogP contribution >= 0.6 is 11.6 Å². The summed E-state index contributed by atoms with van der Waals surface area (Å²) in [6.07, 6.45) is 0.396. The molecule has 0 saturated carbocycles. The van der Waals surface area contributed by atoms with Gasteiger partial charge in [-0.2, -0.15) is 0 Å². The van der Waals surface area contributed by atoms with E-state index in [1.807, 2.05) is 12.1 Å². The number of benzene rings is 1. The van der Waals surface area contributed by atoms with Crippen LogP contribution in [-0.4, -0.2) is 21.4 Å². The molecule has 1 unspecified atom stereocenters. The van der Waals surface area contributed by atoms with Crippen molar-refractivity contribution in [1.82, 2.24) is 0 Å². The highest BCUT2D eigenvalue weighted by molar-refractivity contribution is 6.30. The first-order chi connectivity index (χ1) is 6.72. The van der Waals surface area contributed by atoms with E-state index in [4.69, 9.17) is 11.6 Å². The van der Waals surface area contributed by atoms with E-state index in [0.29, 0.717) is 11.4 Å². The molecule has 0 aromatic heterocycles. The summed E-state index contributed by atoms with van der Waals surface area (Å²) in [6.45, 7) is 4.83. The van der Waals surface area contributed by atoms with Crippen LogP contribution in [0.4, 0.5) is 0 Å². The lowest BCUT2D eigenvalue weighted by atomic mass is 9.82. The topological polar surface area (TPSA) is 40.5 Å². The van der Waals surface area contributed by atoms with Crippen molar-refractivity contribution in [1.29, 1.82) is 0 Å². The SMILES string of the molecule is CC(C)(O)C(C)(O)Cc1ccc(Cl)cc1. The Balaban J connectivity index is 2.82. The molecule has 1 atom stereocenters. The predicted molar refractivity (Wildman–Crippen MR) is 62.1 cm³/mol. The van der Waals surface area contributed by atoms with Crippen LogP contribution in [0.3, 0.4) is 0 Å². The van der Waals surface area contributed by atoms with Gasteiger partial charge in [-0.25, -0.2) is 0 Å². The largest absolute Gasteiger partial charge is 0.387 e. The van der Waals surface area contributed by atoms with Crippen LogP contribution < -0.4 is 0 Å². The van der Waals surface area contributed by atoms with Crippen LogP contribution in [0.1, 0.15) is 26.3 Å². The highest BCUT2D eigenvalue weighted by atomic mass is 35.5. The minimum atomic E-state index is -1.15. The molecule has 0 radical (unpaired) electrons. The zero-order valence-electron chi connectivity index (χ0n) is 9.29. The number of hydrogen-bond acceptors (Lipinski definition) is 2. The van der Waals surface area contributed by atoms with E-state index < -0.39 is 11.2 Å². The fraction of sp³-hybridized carbons (Fsp3) is 0.500. The van der Waals surface area contributed by atoms with Crippen LogP contribution in [0.5, 0.6) is 0 Å². The average molecular weight is 229 g/mol. The van der Waals surface area contributed by atoms with E-state index in [1.54, 1.807) is 32.9 Å². The molecule has 0 saturated heterocycles.